The average molecular weight is 614 g/mol. The van der Waals surface area contributed by atoms with Crippen molar-refractivity contribution in [2.24, 2.45) is 5.41 Å². The molecule has 224 valence electrons. The molecule has 3 aromatic rings. The number of methoxy groups -OCH3 is 1. The molecule has 1 saturated heterocycles. The Bertz CT molecular complexity index is 1530. The summed E-state index contributed by atoms with van der Waals surface area (Å²) in [6.45, 7) is 4.91. The van der Waals surface area contributed by atoms with Gasteiger partial charge in [-0.05, 0) is 70.7 Å². The van der Waals surface area contributed by atoms with Gasteiger partial charge in [-0.3, -0.25) is 10.1 Å². The van der Waals surface area contributed by atoms with Crippen molar-refractivity contribution in [3.05, 3.63) is 57.7 Å². The van der Waals surface area contributed by atoms with Gasteiger partial charge in [-0.2, -0.15) is 4.98 Å². The Morgan fingerprint density at radius 3 is 2.45 bits per heavy atom. The highest BCUT2D eigenvalue weighted by molar-refractivity contribution is 7.70. The molecule has 13 heteroatoms. The number of anilines is 5. The normalized spacial score (nSPS) is 16.8. The molecule has 11 nitrogen and oxygen atoms in total. The maximum absolute atomic E-state index is 12.8. The van der Waals surface area contributed by atoms with Crippen LogP contribution in [0.3, 0.4) is 0 Å². The van der Waals surface area contributed by atoms with Gasteiger partial charge in [-0.15, -0.1) is 0 Å². The van der Waals surface area contributed by atoms with Crippen LogP contribution >= 0.6 is 18.7 Å². The summed E-state index contributed by atoms with van der Waals surface area (Å²) in [5.41, 5.74) is 1.85. The number of para-hydroxylation sites is 1. The summed E-state index contributed by atoms with van der Waals surface area (Å²) in [5.74, 6) is 0.898. The summed E-state index contributed by atoms with van der Waals surface area (Å²) >= 11 is 6.40. The number of nitrogens with zero attached hydrogens (tertiary/aromatic N) is 5. The van der Waals surface area contributed by atoms with Crippen molar-refractivity contribution in [3.63, 3.8) is 0 Å². The number of aromatic nitrogens is 2. The summed E-state index contributed by atoms with van der Waals surface area (Å²) in [4.78, 5) is 25.0. The van der Waals surface area contributed by atoms with Crippen molar-refractivity contribution in [2.75, 3.05) is 63.2 Å². The van der Waals surface area contributed by atoms with E-state index in [1.807, 2.05) is 12.1 Å². The van der Waals surface area contributed by atoms with E-state index in [9.17, 15) is 14.7 Å². The van der Waals surface area contributed by atoms with E-state index >= 15 is 0 Å². The van der Waals surface area contributed by atoms with Gasteiger partial charge in [0, 0.05) is 36.6 Å². The molecule has 2 fully saturated rings. The van der Waals surface area contributed by atoms with Crippen molar-refractivity contribution in [3.8, 4) is 5.75 Å². The number of nitrogens with one attached hydrogen (secondary N) is 2. The highest BCUT2D eigenvalue weighted by Crippen LogP contribution is 2.52. The molecule has 0 unspecified atom stereocenters. The fourth-order valence-corrected chi connectivity index (χ4v) is 7.26. The first-order valence-electron chi connectivity index (χ1n) is 13.9. The number of benzene rings is 2. The van der Waals surface area contributed by atoms with E-state index in [-0.39, 0.29) is 21.6 Å². The summed E-state index contributed by atoms with van der Waals surface area (Å²) in [7, 11) is 3.19. The summed E-state index contributed by atoms with van der Waals surface area (Å²) in [6.07, 6.45) is 5.82. The van der Waals surface area contributed by atoms with Crippen LogP contribution in [0.1, 0.15) is 25.7 Å². The number of piperidine rings is 1. The first-order valence-corrected chi connectivity index (χ1v) is 16.9. The lowest BCUT2D eigenvalue weighted by atomic mass is 9.60. The molecule has 42 heavy (non-hydrogen) atoms. The second kappa shape index (κ2) is 11.7. The predicted molar refractivity (Wildman–Crippen MR) is 169 cm³/mol. The number of halogens is 1. The molecule has 1 spiro atoms. The van der Waals surface area contributed by atoms with Gasteiger partial charge in [0.15, 0.2) is 5.82 Å². The third-order valence-corrected chi connectivity index (χ3v) is 10.3. The highest BCUT2D eigenvalue weighted by Gasteiger charge is 2.47. The topological polar surface area (TPSA) is 126 Å². The molecule has 1 saturated carbocycles. The molecule has 0 amide bonds. The molecule has 0 radical (unpaired) electrons. The zero-order valence-corrected chi connectivity index (χ0v) is 26.2. The van der Waals surface area contributed by atoms with Gasteiger partial charge in [-0.25, -0.2) is 4.98 Å². The lowest BCUT2D eigenvalue weighted by Gasteiger charge is -2.54. The Kier molecular flexibility index (Phi) is 8.38. The van der Waals surface area contributed by atoms with E-state index in [1.54, 1.807) is 31.5 Å². The van der Waals surface area contributed by atoms with Crippen molar-refractivity contribution < 1.29 is 14.2 Å². The van der Waals surface area contributed by atoms with Crippen LogP contribution in [-0.2, 0) is 4.57 Å². The predicted octanol–water partition coefficient (Wildman–Crippen LogP) is 6.09. The Morgan fingerprint density at radius 2 is 1.83 bits per heavy atom. The third-order valence-electron chi connectivity index (χ3n) is 8.45. The van der Waals surface area contributed by atoms with Crippen LogP contribution in [-0.4, -0.2) is 73.5 Å². The molecule has 2 aliphatic rings. The van der Waals surface area contributed by atoms with Gasteiger partial charge in [0.1, 0.15) is 23.6 Å². The Labute approximate surface area is 251 Å². The first kappa shape index (κ1) is 30.1. The van der Waals surface area contributed by atoms with Gasteiger partial charge in [0.05, 0.1) is 29.6 Å². The molecule has 1 aliphatic heterocycles. The molecule has 1 aliphatic carbocycles. The number of nitro benzene ring substituents is 1. The molecule has 1 aromatic heterocycles. The molecule has 0 bridgehead atoms. The summed E-state index contributed by atoms with van der Waals surface area (Å²) in [6, 6.07) is 11.1. The first-order chi connectivity index (χ1) is 19.9. The number of hydrogen-bond acceptors (Lipinski definition) is 10. The van der Waals surface area contributed by atoms with Crippen LogP contribution in [0.15, 0.2) is 42.6 Å². The monoisotopic (exact) mass is 613 g/mol. The van der Waals surface area contributed by atoms with Crippen molar-refractivity contribution >= 4 is 58.6 Å². The fourth-order valence-electron chi connectivity index (χ4n) is 5.97. The largest absolute Gasteiger partial charge is 0.494 e. The second-order valence-corrected chi connectivity index (χ2v) is 15.4. The van der Waals surface area contributed by atoms with Crippen molar-refractivity contribution in [1.29, 1.82) is 0 Å². The molecule has 0 atom stereocenters. The Balaban J connectivity index is 1.38. The average Bonchev–Trinajstić information content (AvgIpc) is 2.93. The Morgan fingerprint density at radius 1 is 1.14 bits per heavy atom. The molecule has 2 heterocycles. The maximum atomic E-state index is 12.8. The van der Waals surface area contributed by atoms with E-state index < -0.39 is 7.14 Å². The van der Waals surface area contributed by atoms with Gasteiger partial charge < -0.3 is 29.7 Å². The van der Waals surface area contributed by atoms with E-state index in [4.69, 9.17) is 16.3 Å². The minimum absolute atomic E-state index is 0.0167. The van der Waals surface area contributed by atoms with Crippen LogP contribution in [0.5, 0.6) is 5.75 Å². The number of nitro groups is 1. The standard InChI is InChI=1S/C29H37ClN7O4P/c1-35(2)19-16-29(17-19)10-12-36(13-11-29)23-15-25(41-3)22(14-24(23)37(38)39)33-28-31-18-20(30)27(34-28)32-21-8-6-7-9-26(21)42(4,5)40/h6-9,14-15,18-19H,10-13,16-17H2,1-5H3,(H2,31,32,33,34). The molecular formula is C29H37ClN7O4P. The quantitative estimate of drug-likeness (QED) is 0.166. The number of ether oxygens (including phenoxy) is 1. The summed E-state index contributed by atoms with van der Waals surface area (Å²) in [5, 5.41) is 19.4. The molecular weight excluding hydrogens is 577 g/mol. The van der Waals surface area contributed by atoms with E-state index in [2.05, 4.69) is 44.5 Å². The van der Waals surface area contributed by atoms with Crippen LogP contribution in [0.2, 0.25) is 5.02 Å². The van der Waals surface area contributed by atoms with Crippen LogP contribution in [0.4, 0.5) is 34.5 Å². The third kappa shape index (κ3) is 6.19. The SMILES string of the molecule is COc1cc(N2CCC3(CC2)CC(N(C)C)C3)c([N+](=O)[O-])cc1Nc1ncc(Cl)c(Nc2ccccc2P(C)(C)=O)n1. The van der Waals surface area contributed by atoms with Crippen molar-refractivity contribution in [1.82, 2.24) is 14.9 Å². The lowest BCUT2D eigenvalue weighted by Crippen LogP contribution is -2.53. The van der Waals surface area contributed by atoms with Crippen LogP contribution in [0.25, 0.3) is 0 Å². The Hall–Kier alpha value is -3.40. The van der Waals surface area contributed by atoms with Gasteiger partial charge in [0.2, 0.25) is 5.95 Å². The zero-order valence-electron chi connectivity index (χ0n) is 24.6. The minimum Gasteiger partial charge on any atom is -0.494 e. The van der Waals surface area contributed by atoms with Crippen LogP contribution < -0.4 is 25.6 Å². The van der Waals surface area contributed by atoms with Crippen LogP contribution in [0, 0.1) is 15.5 Å². The summed E-state index contributed by atoms with van der Waals surface area (Å²) < 4.78 is 18.5. The number of hydrogen-bond donors (Lipinski definition) is 2. The number of rotatable bonds is 9. The van der Waals surface area contributed by atoms with Crippen molar-refractivity contribution in [2.45, 2.75) is 31.7 Å². The smallest absolute Gasteiger partial charge is 0.294 e. The van der Waals surface area contributed by atoms with E-state index in [1.165, 1.54) is 32.2 Å². The van der Waals surface area contributed by atoms with E-state index in [0.29, 0.717) is 45.4 Å². The molecule has 5 rings (SSSR count). The minimum atomic E-state index is -2.58. The second-order valence-electron chi connectivity index (χ2n) is 11.8. The van der Waals surface area contributed by atoms with Gasteiger partial charge in [0.25, 0.3) is 5.69 Å². The van der Waals surface area contributed by atoms with Gasteiger partial charge >= 0.3 is 0 Å². The molecule has 2 N–H and O–H groups in total. The maximum Gasteiger partial charge on any atom is 0.294 e. The zero-order chi connectivity index (χ0) is 30.2. The van der Waals surface area contributed by atoms with E-state index in [0.717, 1.165) is 25.9 Å². The van der Waals surface area contributed by atoms with Gasteiger partial charge in [-0.1, -0.05) is 23.7 Å². The fraction of sp³-hybridized carbons (Fsp3) is 0.448. The lowest BCUT2D eigenvalue weighted by molar-refractivity contribution is -0.384. The highest BCUT2D eigenvalue weighted by atomic mass is 35.5. The molecule has 2 aromatic carbocycles.